The molecule has 0 aromatic carbocycles. The Morgan fingerprint density at radius 1 is 1.55 bits per heavy atom. The smallest absolute Gasteiger partial charge is 0.314 e. The first kappa shape index (κ1) is 16.5. The van der Waals surface area contributed by atoms with Gasteiger partial charge in [-0.2, -0.15) is 16.4 Å². The molecule has 3 N–H and O–H groups in total. The Morgan fingerprint density at radius 3 is 3.00 bits per heavy atom. The summed E-state index contributed by atoms with van der Waals surface area (Å²) in [5.74, 6) is 0.267. The van der Waals surface area contributed by atoms with Gasteiger partial charge in [0.15, 0.2) is 0 Å². The fourth-order valence-corrected chi connectivity index (χ4v) is 2.83. The summed E-state index contributed by atoms with van der Waals surface area (Å²) in [6, 6.07) is 3.46. The van der Waals surface area contributed by atoms with Crippen molar-refractivity contribution in [3.05, 3.63) is 40.8 Å². The van der Waals surface area contributed by atoms with Crippen molar-refractivity contribution in [1.29, 1.82) is 0 Å². The van der Waals surface area contributed by atoms with Crippen LogP contribution in [0.25, 0.3) is 0 Å². The molecule has 0 saturated carbocycles. The van der Waals surface area contributed by atoms with Crippen LogP contribution in [0, 0.1) is 5.92 Å². The number of carbonyl (C=O) groups is 1. The van der Waals surface area contributed by atoms with E-state index in [1.165, 1.54) is 11.3 Å². The van der Waals surface area contributed by atoms with Crippen molar-refractivity contribution in [2.75, 3.05) is 13.1 Å². The molecule has 2 rings (SSSR count). The van der Waals surface area contributed by atoms with E-state index in [4.69, 9.17) is 0 Å². The molecule has 2 unspecified atom stereocenters. The van der Waals surface area contributed by atoms with Gasteiger partial charge in [0.1, 0.15) is 5.60 Å². The van der Waals surface area contributed by atoms with Crippen LogP contribution in [-0.2, 0) is 12.1 Å². The van der Waals surface area contributed by atoms with Crippen molar-refractivity contribution in [2.45, 2.75) is 26.0 Å². The number of carbonyl (C=O) groups excluding carboxylic acids is 1. The lowest BCUT2D eigenvalue weighted by molar-refractivity contribution is 0.0598. The van der Waals surface area contributed by atoms with Crippen LogP contribution in [0.1, 0.15) is 19.4 Å². The molecule has 0 bridgehead atoms. The predicted octanol–water partition coefficient (Wildman–Crippen LogP) is 1.79. The molecule has 2 amide bonds. The van der Waals surface area contributed by atoms with E-state index < -0.39 is 5.60 Å². The summed E-state index contributed by atoms with van der Waals surface area (Å²) >= 11 is 1.52. The molecule has 0 aliphatic heterocycles. The molecule has 22 heavy (non-hydrogen) atoms. The Hall–Kier alpha value is -1.86. The summed E-state index contributed by atoms with van der Waals surface area (Å²) in [7, 11) is 0. The van der Waals surface area contributed by atoms with Gasteiger partial charge < -0.3 is 15.7 Å². The second-order valence-electron chi connectivity index (χ2n) is 5.68. The number of urea groups is 1. The maximum absolute atomic E-state index is 11.8. The number of thiophene rings is 1. The molecule has 2 aromatic heterocycles. The molecule has 0 spiro atoms. The maximum Gasteiger partial charge on any atom is 0.314 e. The first-order valence-corrected chi connectivity index (χ1v) is 8.16. The lowest BCUT2D eigenvalue weighted by Gasteiger charge is -2.23. The fraction of sp³-hybridized carbons (Fsp3) is 0.467. The normalized spacial score (nSPS) is 15.0. The highest BCUT2D eigenvalue weighted by Gasteiger charge is 2.24. The second-order valence-corrected chi connectivity index (χ2v) is 6.46. The van der Waals surface area contributed by atoms with Gasteiger partial charge in [-0.25, -0.2) is 4.79 Å². The van der Waals surface area contributed by atoms with Crippen LogP contribution >= 0.6 is 11.3 Å². The van der Waals surface area contributed by atoms with Crippen LogP contribution in [0.5, 0.6) is 0 Å². The number of rotatable bonds is 7. The van der Waals surface area contributed by atoms with E-state index in [9.17, 15) is 9.90 Å². The zero-order chi connectivity index (χ0) is 16.0. The predicted molar refractivity (Wildman–Crippen MR) is 86.7 cm³/mol. The first-order chi connectivity index (χ1) is 10.5. The summed E-state index contributed by atoms with van der Waals surface area (Å²) in [6.45, 7) is 5.20. The molecule has 120 valence electrons. The van der Waals surface area contributed by atoms with Crippen LogP contribution in [0.15, 0.2) is 35.3 Å². The zero-order valence-electron chi connectivity index (χ0n) is 12.8. The van der Waals surface area contributed by atoms with E-state index in [-0.39, 0.29) is 18.5 Å². The molecule has 0 aliphatic rings. The molecule has 0 radical (unpaired) electrons. The average molecular weight is 322 g/mol. The van der Waals surface area contributed by atoms with E-state index in [0.29, 0.717) is 6.54 Å². The Labute approximate surface area is 134 Å². The van der Waals surface area contributed by atoms with Gasteiger partial charge in [-0.05, 0) is 41.3 Å². The lowest BCUT2D eigenvalue weighted by atomic mass is 9.99. The van der Waals surface area contributed by atoms with E-state index >= 15 is 0 Å². The third-order valence-electron chi connectivity index (χ3n) is 3.41. The molecule has 2 aromatic rings. The van der Waals surface area contributed by atoms with Crippen molar-refractivity contribution >= 4 is 17.4 Å². The third-order valence-corrected chi connectivity index (χ3v) is 4.09. The molecule has 0 fully saturated rings. The number of hydrogen-bond acceptors (Lipinski definition) is 4. The highest BCUT2D eigenvalue weighted by Crippen LogP contribution is 2.21. The minimum absolute atomic E-state index is 0.170. The third kappa shape index (κ3) is 4.85. The fourth-order valence-electron chi connectivity index (χ4n) is 2.05. The maximum atomic E-state index is 11.8. The summed E-state index contributed by atoms with van der Waals surface area (Å²) in [6.07, 6.45) is 3.63. The lowest BCUT2D eigenvalue weighted by Crippen LogP contribution is -2.44. The Balaban J connectivity index is 1.69. The molecule has 0 saturated heterocycles. The number of aromatic nitrogens is 2. The van der Waals surface area contributed by atoms with Gasteiger partial charge in [0, 0.05) is 25.5 Å². The Morgan fingerprint density at radius 2 is 2.36 bits per heavy atom. The van der Waals surface area contributed by atoms with E-state index in [1.54, 1.807) is 13.1 Å². The Kier molecular flexibility index (Phi) is 5.57. The highest BCUT2D eigenvalue weighted by molar-refractivity contribution is 7.08. The van der Waals surface area contributed by atoms with Gasteiger partial charge >= 0.3 is 6.03 Å². The topological polar surface area (TPSA) is 79.2 Å². The van der Waals surface area contributed by atoms with E-state index in [2.05, 4.69) is 15.7 Å². The Bertz CT molecular complexity index is 566. The summed E-state index contributed by atoms with van der Waals surface area (Å²) < 4.78 is 1.84. The van der Waals surface area contributed by atoms with Crippen LogP contribution in [0.3, 0.4) is 0 Å². The number of hydrogen-bond donors (Lipinski definition) is 3. The van der Waals surface area contributed by atoms with Gasteiger partial charge in [0.25, 0.3) is 0 Å². The van der Waals surface area contributed by atoms with Crippen molar-refractivity contribution < 1.29 is 9.90 Å². The molecule has 2 heterocycles. The van der Waals surface area contributed by atoms with Gasteiger partial charge in [0.05, 0.1) is 6.54 Å². The largest absolute Gasteiger partial charge is 0.384 e. The number of aliphatic hydroxyl groups is 1. The van der Waals surface area contributed by atoms with Crippen molar-refractivity contribution in [3.8, 4) is 0 Å². The minimum Gasteiger partial charge on any atom is -0.384 e. The summed E-state index contributed by atoms with van der Waals surface area (Å²) in [5, 5.41) is 23.8. The quantitative estimate of drug-likeness (QED) is 0.727. The zero-order valence-corrected chi connectivity index (χ0v) is 13.6. The number of amides is 2. The summed E-state index contributed by atoms with van der Waals surface area (Å²) in [5.41, 5.74) is -0.247. The second kappa shape index (κ2) is 7.42. The highest BCUT2D eigenvalue weighted by atomic mass is 32.1. The minimum atomic E-state index is -1.06. The van der Waals surface area contributed by atoms with Crippen LogP contribution in [0.4, 0.5) is 4.79 Å². The first-order valence-electron chi connectivity index (χ1n) is 7.21. The monoisotopic (exact) mass is 322 g/mol. The molecule has 6 nitrogen and oxygen atoms in total. The SMILES string of the molecule is CC(CNC(=O)NCC(C)(O)c1ccsc1)Cn1cccn1. The number of nitrogens with zero attached hydrogens (tertiary/aromatic N) is 2. The van der Waals surface area contributed by atoms with Crippen molar-refractivity contribution in [3.63, 3.8) is 0 Å². The molecular weight excluding hydrogens is 300 g/mol. The van der Waals surface area contributed by atoms with Gasteiger partial charge in [-0.1, -0.05) is 6.92 Å². The van der Waals surface area contributed by atoms with Gasteiger partial charge in [0.2, 0.25) is 0 Å². The number of nitrogens with one attached hydrogen (secondary N) is 2. The van der Waals surface area contributed by atoms with E-state index in [0.717, 1.165) is 12.1 Å². The standard InChI is InChI=1S/C15H22N4O2S/c1-12(9-19-6-3-5-18-19)8-16-14(20)17-11-15(2,21)13-4-7-22-10-13/h3-7,10,12,21H,8-9,11H2,1-2H3,(H2,16,17,20). The van der Waals surface area contributed by atoms with E-state index in [1.807, 2.05) is 40.7 Å². The van der Waals surface area contributed by atoms with Crippen molar-refractivity contribution in [2.24, 2.45) is 5.92 Å². The van der Waals surface area contributed by atoms with Crippen LogP contribution in [-0.4, -0.2) is 34.0 Å². The summed E-state index contributed by atoms with van der Waals surface area (Å²) in [4.78, 5) is 11.8. The van der Waals surface area contributed by atoms with Crippen molar-refractivity contribution in [1.82, 2.24) is 20.4 Å². The van der Waals surface area contributed by atoms with Gasteiger partial charge in [-0.15, -0.1) is 0 Å². The molecule has 7 heteroatoms. The van der Waals surface area contributed by atoms with Gasteiger partial charge in [-0.3, -0.25) is 4.68 Å². The molecular formula is C15H22N4O2S. The molecule has 0 aliphatic carbocycles. The van der Waals surface area contributed by atoms with Crippen LogP contribution < -0.4 is 10.6 Å². The van der Waals surface area contributed by atoms with Crippen LogP contribution in [0.2, 0.25) is 0 Å². The average Bonchev–Trinajstić information content (AvgIpc) is 3.16. The molecule has 2 atom stereocenters.